The summed E-state index contributed by atoms with van der Waals surface area (Å²) in [6, 6.07) is 7.37. The van der Waals surface area contributed by atoms with Crippen molar-refractivity contribution < 1.29 is 9.21 Å². The van der Waals surface area contributed by atoms with Crippen LogP contribution < -0.4 is 16.0 Å². The van der Waals surface area contributed by atoms with Gasteiger partial charge in [-0.3, -0.25) is 0 Å². The van der Waals surface area contributed by atoms with Gasteiger partial charge in [-0.05, 0) is 51.0 Å². The van der Waals surface area contributed by atoms with Gasteiger partial charge in [0.1, 0.15) is 17.3 Å². The van der Waals surface area contributed by atoms with Crippen LogP contribution in [0, 0.1) is 13.8 Å². The van der Waals surface area contributed by atoms with Crippen LogP contribution in [-0.4, -0.2) is 24.1 Å². The van der Waals surface area contributed by atoms with Crippen LogP contribution in [0.2, 0.25) is 0 Å². The lowest BCUT2D eigenvalue weighted by Gasteiger charge is -2.12. The normalized spacial score (nSPS) is 11.8. The molecule has 6 nitrogen and oxygen atoms in total. The fourth-order valence-corrected chi connectivity index (χ4v) is 2.08. The Kier molecular flexibility index (Phi) is 6.02. The summed E-state index contributed by atoms with van der Waals surface area (Å²) < 4.78 is 5.49. The lowest BCUT2D eigenvalue weighted by Crippen LogP contribution is -2.37. The van der Waals surface area contributed by atoms with Crippen LogP contribution in [0.3, 0.4) is 0 Å². The molecule has 0 radical (unpaired) electrons. The van der Waals surface area contributed by atoms with E-state index in [9.17, 15) is 4.79 Å². The summed E-state index contributed by atoms with van der Waals surface area (Å²) in [6.07, 6.45) is 2.64. The Balaban J connectivity index is 1.60. The van der Waals surface area contributed by atoms with Crippen LogP contribution in [0.25, 0.3) is 0 Å². The molecule has 2 heterocycles. The number of aromatic nitrogens is 1. The lowest BCUT2D eigenvalue weighted by molar-refractivity contribution is 0.236. The van der Waals surface area contributed by atoms with E-state index in [-0.39, 0.29) is 12.1 Å². The van der Waals surface area contributed by atoms with Gasteiger partial charge in [-0.25, -0.2) is 9.78 Å². The minimum absolute atomic E-state index is 0.154. The summed E-state index contributed by atoms with van der Waals surface area (Å²) >= 11 is 0. The molecule has 2 aromatic rings. The van der Waals surface area contributed by atoms with Gasteiger partial charge >= 0.3 is 6.03 Å². The summed E-state index contributed by atoms with van der Waals surface area (Å²) in [5, 5.41) is 8.90. The molecule has 0 spiro atoms. The van der Waals surface area contributed by atoms with Crippen molar-refractivity contribution in [2.45, 2.75) is 33.2 Å². The first-order chi connectivity index (χ1) is 11.0. The zero-order chi connectivity index (χ0) is 16.7. The number of nitrogens with one attached hydrogen (secondary N) is 3. The molecule has 0 aliphatic heterocycles. The van der Waals surface area contributed by atoms with Gasteiger partial charge in [0, 0.05) is 19.3 Å². The number of furan rings is 1. The Morgan fingerprint density at radius 3 is 2.70 bits per heavy atom. The van der Waals surface area contributed by atoms with Crippen LogP contribution in [-0.2, 0) is 0 Å². The van der Waals surface area contributed by atoms with Crippen molar-refractivity contribution in [1.29, 1.82) is 0 Å². The monoisotopic (exact) mass is 316 g/mol. The molecule has 2 rings (SSSR count). The fraction of sp³-hybridized carbons (Fsp3) is 0.412. The second-order valence-electron chi connectivity index (χ2n) is 5.57. The number of hydrogen-bond acceptors (Lipinski definition) is 4. The van der Waals surface area contributed by atoms with Crippen molar-refractivity contribution in [1.82, 2.24) is 15.6 Å². The number of hydrogen-bond donors (Lipinski definition) is 3. The van der Waals surface area contributed by atoms with Crippen molar-refractivity contribution in [2.24, 2.45) is 0 Å². The van der Waals surface area contributed by atoms with E-state index in [1.54, 1.807) is 0 Å². The number of urea groups is 1. The van der Waals surface area contributed by atoms with E-state index in [0.717, 1.165) is 35.9 Å². The molecule has 124 valence electrons. The summed E-state index contributed by atoms with van der Waals surface area (Å²) in [5.41, 5.74) is 1.13. The van der Waals surface area contributed by atoms with Crippen molar-refractivity contribution >= 4 is 11.8 Å². The average molecular weight is 316 g/mol. The third kappa shape index (κ3) is 5.65. The Hall–Kier alpha value is -2.50. The van der Waals surface area contributed by atoms with Gasteiger partial charge in [-0.2, -0.15) is 0 Å². The predicted octanol–water partition coefficient (Wildman–Crippen LogP) is 3.15. The minimum Gasteiger partial charge on any atom is -0.464 e. The molecule has 0 aliphatic rings. The van der Waals surface area contributed by atoms with Crippen LogP contribution in [0.4, 0.5) is 10.6 Å². The molecule has 0 fully saturated rings. The summed E-state index contributed by atoms with van der Waals surface area (Å²) in [4.78, 5) is 16.1. The van der Waals surface area contributed by atoms with Gasteiger partial charge in [-0.1, -0.05) is 6.07 Å². The van der Waals surface area contributed by atoms with Gasteiger partial charge in [0.25, 0.3) is 0 Å². The number of nitrogens with zero attached hydrogens (tertiary/aromatic N) is 1. The van der Waals surface area contributed by atoms with E-state index >= 15 is 0 Å². The Bertz CT molecular complexity index is 622. The topological polar surface area (TPSA) is 79.2 Å². The molecule has 0 aliphatic carbocycles. The molecular weight excluding hydrogens is 292 g/mol. The number of rotatable bonds is 7. The second kappa shape index (κ2) is 8.22. The van der Waals surface area contributed by atoms with Crippen LogP contribution >= 0.6 is 0 Å². The fourth-order valence-electron chi connectivity index (χ4n) is 2.08. The van der Waals surface area contributed by atoms with E-state index in [1.807, 2.05) is 51.2 Å². The van der Waals surface area contributed by atoms with Gasteiger partial charge in [-0.15, -0.1) is 0 Å². The molecule has 2 amide bonds. The minimum atomic E-state index is -0.194. The van der Waals surface area contributed by atoms with Crippen molar-refractivity contribution in [3.63, 3.8) is 0 Å². The predicted molar refractivity (Wildman–Crippen MR) is 90.5 cm³/mol. The zero-order valence-corrected chi connectivity index (χ0v) is 13.8. The van der Waals surface area contributed by atoms with Crippen LogP contribution in [0.5, 0.6) is 0 Å². The van der Waals surface area contributed by atoms with E-state index in [2.05, 4.69) is 20.9 Å². The van der Waals surface area contributed by atoms with Crippen molar-refractivity contribution in [3.8, 4) is 0 Å². The van der Waals surface area contributed by atoms with Gasteiger partial charge in [0.2, 0.25) is 0 Å². The zero-order valence-electron chi connectivity index (χ0n) is 13.8. The van der Waals surface area contributed by atoms with Crippen molar-refractivity contribution in [2.75, 3.05) is 18.4 Å². The lowest BCUT2D eigenvalue weighted by atomic mass is 10.2. The molecule has 0 saturated heterocycles. The summed E-state index contributed by atoms with van der Waals surface area (Å²) in [6.45, 7) is 7.12. The maximum absolute atomic E-state index is 11.8. The first-order valence-electron chi connectivity index (χ1n) is 7.82. The van der Waals surface area contributed by atoms with E-state index in [0.29, 0.717) is 6.54 Å². The number of pyridine rings is 1. The highest BCUT2D eigenvalue weighted by Gasteiger charge is 2.11. The SMILES string of the molecule is Cc1ccc(NCCCNC(=O)N[C@@H](C)c2ccc(C)o2)nc1. The second-order valence-corrected chi connectivity index (χ2v) is 5.57. The molecule has 2 aromatic heterocycles. The molecule has 1 atom stereocenters. The average Bonchev–Trinajstić information content (AvgIpc) is 2.95. The number of carbonyl (C=O) groups is 1. The third-order valence-electron chi connectivity index (χ3n) is 3.39. The van der Waals surface area contributed by atoms with Gasteiger partial charge in [0.05, 0.1) is 6.04 Å². The number of carbonyl (C=O) groups excluding carboxylic acids is 1. The highest BCUT2D eigenvalue weighted by Crippen LogP contribution is 2.15. The molecular formula is C17H24N4O2. The molecule has 0 unspecified atom stereocenters. The summed E-state index contributed by atoms with van der Waals surface area (Å²) in [5.74, 6) is 2.44. The molecule has 3 N–H and O–H groups in total. The quantitative estimate of drug-likeness (QED) is 0.686. The maximum Gasteiger partial charge on any atom is 0.315 e. The van der Waals surface area contributed by atoms with E-state index in [1.165, 1.54) is 0 Å². The first-order valence-corrected chi connectivity index (χ1v) is 7.82. The van der Waals surface area contributed by atoms with Gasteiger partial charge < -0.3 is 20.4 Å². The molecule has 0 bridgehead atoms. The standard InChI is InChI=1S/C17H24N4O2/c1-12-5-8-16(20-11-12)18-9-4-10-19-17(22)21-14(3)15-7-6-13(2)23-15/h5-8,11,14H,4,9-10H2,1-3H3,(H,18,20)(H2,19,21,22)/t14-/m0/s1. The van der Waals surface area contributed by atoms with Crippen molar-refractivity contribution in [3.05, 3.63) is 47.5 Å². The highest BCUT2D eigenvalue weighted by molar-refractivity contribution is 5.74. The Labute approximate surface area is 136 Å². The number of amides is 2. The molecule has 6 heteroatoms. The largest absolute Gasteiger partial charge is 0.464 e. The first kappa shape index (κ1) is 16.9. The van der Waals surface area contributed by atoms with E-state index in [4.69, 9.17) is 4.42 Å². The Morgan fingerprint density at radius 1 is 1.22 bits per heavy atom. The van der Waals surface area contributed by atoms with Crippen LogP contribution in [0.1, 0.15) is 36.5 Å². The number of anilines is 1. The van der Waals surface area contributed by atoms with Gasteiger partial charge in [0.15, 0.2) is 0 Å². The Morgan fingerprint density at radius 2 is 2.04 bits per heavy atom. The molecule has 0 saturated carbocycles. The molecule has 0 aromatic carbocycles. The van der Waals surface area contributed by atoms with Crippen LogP contribution in [0.15, 0.2) is 34.9 Å². The summed E-state index contributed by atoms with van der Waals surface area (Å²) in [7, 11) is 0. The molecule has 23 heavy (non-hydrogen) atoms. The maximum atomic E-state index is 11.8. The number of aryl methyl sites for hydroxylation is 2. The highest BCUT2D eigenvalue weighted by atomic mass is 16.3. The smallest absolute Gasteiger partial charge is 0.315 e. The third-order valence-corrected chi connectivity index (χ3v) is 3.39. The van der Waals surface area contributed by atoms with E-state index < -0.39 is 0 Å².